The highest BCUT2D eigenvalue weighted by Gasteiger charge is 2.29. The lowest BCUT2D eigenvalue weighted by Gasteiger charge is -2.28. The second kappa shape index (κ2) is 5.28. The van der Waals surface area contributed by atoms with Crippen molar-refractivity contribution in [2.45, 2.75) is 17.9 Å². The Kier molecular flexibility index (Phi) is 3.60. The topological polar surface area (TPSA) is 87.7 Å². The summed E-state index contributed by atoms with van der Waals surface area (Å²) in [5.74, 6) is 0.209. The van der Waals surface area contributed by atoms with Gasteiger partial charge in [-0.15, -0.1) is 0 Å². The molecule has 2 heterocycles. The number of carbonyl (C=O) groups excluding carboxylic acids is 1. The molecule has 1 fully saturated rings. The van der Waals surface area contributed by atoms with Gasteiger partial charge in [-0.05, 0) is 25.1 Å². The summed E-state index contributed by atoms with van der Waals surface area (Å²) >= 11 is 0. The largest absolute Gasteiger partial charge is 0.479 e. The van der Waals surface area contributed by atoms with Crippen LogP contribution in [0.1, 0.15) is 6.92 Å². The van der Waals surface area contributed by atoms with Crippen LogP contribution in [0.2, 0.25) is 0 Å². The maximum atomic E-state index is 12.6. The number of hydrogen-bond acceptors (Lipinski definition) is 5. The number of fused-ring (bicyclic) bond motifs is 1. The molecule has 0 unspecified atom stereocenters. The van der Waals surface area contributed by atoms with Crippen LogP contribution in [0.15, 0.2) is 23.1 Å². The molecule has 0 bridgehead atoms. The van der Waals surface area contributed by atoms with Gasteiger partial charge in [-0.2, -0.15) is 4.31 Å². The molecule has 1 aromatic carbocycles. The highest BCUT2D eigenvalue weighted by atomic mass is 32.2. The molecule has 21 heavy (non-hydrogen) atoms. The Balaban J connectivity index is 1.93. The molecule has 0 aliphatic carbocycles. The molecular weight excluding hydrogens is 294 g/mol. The molecule has 3 rings (SSSR count). The van der Waals surface area contributed by atoms with Crippen LogP contribution in [0.5, 0.6) is 5.75 Å². The number of ether oxygens (including phenoxy) is 1. The lowest BCUT2D eigenvalue weighted by Crippen LogP contribution is -2.46. The van der Waals surface area contributed by atoms with Crippen LogP contribution >= 0.6 is 0 Å². The van der Waals surface area contributed by atoms with Crippen LogP contribution in [-0.4, -0.2) is 50.9 Å². The zero-order chi connectivity index (χ0) is 15.0. The van der Waals surface area contributed by atoms with Crippen molar-refractivity contribution in [2.24, 2.45) is 0 Å². The summed E-state index contributed by atoms with van der Waals surface area (Å²) in [6.07, 6.45) is -0.576. The van der Waals surface area contributed by atoms with E-state index in [9.17, 15) is 13.2 Å². The zero-order valence-corrected chi connectivity index (χ0v) is 12.4. The van der Waals surface area contributed by atoms with Crippen molar-refractivity contribution >= 4 is 21.6 Å². The summed E-state index contributed by atoms with van der Waals surface area (Å²) in [6.45, 7) is 3.81. The lowest BCUT2D eigenvalue weighted by molar-refractivity contribution is -0.122. The predicted octanol–water partition coefficient (Wildman–Crippen LogP) is -0.0001000. The summed E-state index contributed by atoms with van der Waals surface area (Å²) in [5, 5.41) is 5.78. The van der Waals surface area contributed by atoms with Crippen LogP contribution in [0.25, 0.3) is 0 Å². The smallest absolute Gasteiger partial charge is 0.265 e. The first kappa shape index (κ1) is 14.3. The number of anilines is 1. The molecule has 1 amide bonds. The summed E-state index contributed by atoms with van der Waals surface area (Å²) in [5.41, 5.74) is 0.398. The van der Waals surface area contributed by atoms with E-state index in [0.717, 1.165) is 0 Å². The van der Waals surface area contributed by atoms with E-state index >= 15 is 0 Å². The molecule has 2 N–H and O–H groups in total. The maximum Gasteiger partial charge on any atom is 0.265 e. The number of hydrogen-bond donors (Lipinski definition) is 2. The first-order valence-corrected chi connectivity index (χ1v) is 8.25. The minimum atomic E-state index is -3.54. The van der Waals surface area contributed by atoms with Gasteiger partial charge < -0.3 is 15.4 Å². The number of carbonyl (C=O) groups is 1. The molecule has 0 spiro atoms. The van der Waals surface area contributed by atoms with Crippen LogP contribution in [-0.2, 0) is 14.8 Å². The summed E-state index contributed by atoms with van der Waals surface area (Å²) in [6, 6.07) is 4.55. The van der Waals surface area contributed by atoms with E-state index in [0.29, 0.717) is 37.6 Å². The predicted molar refractivity (Wildman–Crippen MR) is 76.8 cm³/mol. The van der Waals surface area contributed by atoms with Gasteiger partial charge >= 0.3 is 0 Å². The van der Waals surface area contributed by atoms with Gasteiger partial charge in [-0.1, -0.05) is 0 Å². The molecule has 8 heteroatoms. The van der Waals surface area contributed by atoms with Gasteiger partial charge in [0.2, 0.25) is 10.0 Å². The molecule has 0 radical (unpaired) electrons. The monoisotopic (exact) mass is 311 g/mol. The van der Waals surface area contributed by atoms with E-state index in [1.165, 1.54) is 16.4 Å². The number of piperazine rings is 1. The number of benzene rings is 1. The number of nitrogens with one attached hydrogen (secondary N) is 2. The van der Waals surface area contributed by atoms with Crippen molar-refractivity contribution in [1.82, 2.24) is 9.62 Å². The highest BCUT2D eigenvalue weighted by molar-refractivity contribution is 7.89. The van der Waals surface area contributed by atoms with Crippen LogP contribution in [0.4, 0.5) is 5.69 Å². The van der Waals surface area contributed by atoms with Crippen molar-refractivity contribution < 1.29 is 17.9 Å². The molecule has 114 valence electrons. The van der Waals surface area contributed by atoms with Gasteiger partial charge in [0.15, 0.2) is 6.10 Å². The number of sulfonamides is 1. The van der Waals surface area contributed by atoms with Crippen LogP contribution in [0.3, 0.4) is 0 Å². The summed E-state index contributed by atoms with van der Waals surface area (Å²) in [7, 11) is -3.54. The number of amides is 1. The fraction of sp³-hybridized carbons (Fsp3) is 0.462. The number of rotatable bonds is 2. The Bertz CT molecular complexity index is 668. The van der Waals surface area contributed by atoms with Crippen molar-refractivity contribution in [2.75, 3.05) is 31.5 Å². The molecule has 1 saturated heterocycles. The standard InChI is InChI=1S/C13H17N3O4S/c1-9-13(17)15-11-8-10(2-3-12(11)20-9)21(18,19)16-6-4-14-5-7-16/h2-3,8-9,14H,4-7H2,1H3,(H,15,17)/t9-/m0/s1. The molecule has 2 aliphatic heterocycles. The Morgan fingerprint density at radius 1 is 1.29 bits per heavy atom. The quantitative estimate of drug-likeness (QED) is 0.803. The Labute approximate surface area is 123 Å². The van der Waals surface area contributed by atoms with E-state index < -0.39 is 16.1 Å². The van der Waals surface area contributed by atoms with Gasteiger partial charge in [-0.25, -0.2) is 8.42 Å². The summed E-state index contributed by atoms with van der Waals surface area (Å²) in [4.78, 5) is 11.8. The minimum absolute atomic E-state index is 0.168. The lowest BCUT2D eigenvalue weighted by atomic mass is 10.2. The first-order chi connectivity index (χ1) is 9.98. The second-order valence-electron chi connectivity index (χ2n) is 5.06. The molecular formula is C13H17N3O4S. The molecule has 7 nitrogen and oxygen atoms in total. The zero-order valence-electron chi connectivity index (χ0n) is 11.6. The molecule has 0 saturated carbocycles. The molecule has 0 aromatic heterocycles. The first-order valence-electron chi connectivity index (χ1n) is 6.81. The molecule has 1 aromatic rings. The van der Waals surface area contributed by atoms with E-state index in [4.69, 9.17) is 4.74 Å². The van der Waals surface area contributed by atoms with Gasteiger partial charge in [0.1, 0.15) is 5.75 Å². The number of nitrogens with zero attached hydrogens (tertiary/aromatic N) is 1. The minimum Gasteiger partial charge on any atom is -0.479 e. The van der Waals surface area contributed by atoms with Gasteiger partial charge in [-0.3, -0.25) is 4.79 Å². The van der Waals surface area contributed by atoms with Crippen molar-refractivity contribution in [3.8, 4) is 5.75 Å². The fourth-order valence-electron chi connectivity index (χ4n) is 2.38. The SMILES string of the molecule is C[C@@H]1Oc2ccc(S(=O)(=O)N3CCNCC3)cc2NC1=O. The average Bonchev–Trinajstić information content (AvgIpc) is 2.49. The fourth-order valence-corrected chi connectivity index (χ4v) is 3.85. The van der Waals surface area contributed by atoms with Crippen molar-refractivity contribution in [3.63, 3.8) is 0 Å². The van der Waals surface area contributed by atoms with Gasteiger partial charge in [0.05, 0.1) is 10.6 Å². The van der Waals surface area contributed by atoms with Crippen LogP contribution < -0.4 is 15.4 Å². The average molecular weight is 311 g/mol. The second-order valence-corrected chi connectivity index (χ2v) is 7.00. The Morgan fingerprint density at radius 2 is 2.00 bits per heavy atom. The third-order valence-corrected chi connectivity index (χ3v) is 5.49. The van der Waals surface area contributed by atoms with Crippen LogP contribution in [0, 0.1) is 0 Å². The highest BCUT2D eigenvalue weighted by Crippen LogP contribution is 2.32. The van der Waals surface area contributed by atoms with E-state index in [2.05, 4.69) is 10.6 Å². The maximum absolute atomic E-state index is 12.6. The van der Waals surface area contributed by atoms with Gasteiger partial charge in [0.25, 0.3) is 5.91 Å². The van der Waals surface area contributed by atoms with Crippen molar-refractivity contribution in [1.29, 1.82) is 0 Å². The summed E-state index contributed by atoms with van der Waals surface area (Å²) < 4.78 is 32.0. The third kappa shape index (κ3) is 2.61. The third-order valence-electron chi connectivity index (χ3n) is 3.60. The molecule has 1 atom stereocenters. The molecule has 2 aliphatic rings. The van der Waals surface area contributed by atoms with E-state index in [1.54, 1.807) is 13.0 Å². The van der Waals surface area contributed by atoms with Gasteiger partial charge in [0, 0.05) is 26.2 Å². The Morgan fingerprint density at radius 3 is 2.71 bits per heavy atom. The van der Waals surface area contributed by atoms with E-state index in [-0.39, 0.29) is 10.8 Å². The Hall–Kier alpha value is -1.64. The van der Waals surface area contributed by atoms with E-state index in [1.807, 2.05) is 0 Å². The normalized spacial score (nSPS) is 23.1. The van der Waals surface area contributed by atoms with Crippen molar-refractivity contribution in [3.05, 3.63) is 18.2 Å².